The highest BCUT2D eigenvalue weighted by Crippen LogP contribution is 2.30. The van der Waals surface area contributed by atoms with Crippen LogP contribution in [0, 0.1) is 0 Å². The van der Waals surface area contributed by atoms with Crippen LogP contribution in [0.2, 0.25) is 0 Å². The Bertz CT molecular complexity index is 1600. The normalized spacial score (nSPS) is 14.7. The van der Waals surface area contributed by atoms with Crippen LogP contribution in [0.4, 0.5) is 24.9 Å². The van der Waals surface area contributed by atoms with Crippen molar-refractivity contribution < 1.29 is 13.2 Å². The van der Waals surface area contributed by atoms with Gasteiger partial charge in [0.25, 0.3) is 0 Å². The van der Waals surface area contributed by atoms with Crippen LogP contribution in [-0.4, -0.2) is 48.5 Å². The van der Waals surface area contributed by atoms with Crippen LogP contribution in [0.1, 0.15) is 35.1 Å². The molecule has 0 spiro atoms. The molecule has 4 heterocycles. The van der Waals surface area contributed by atoms with Crippen LogP contribution in [-0.2, 0) is 25.8 Å². The molecule has 0 radical (unpaired) electrons. The quantitative estimate of drug-likeness (QED) is 0.225. The van der Waals surface area contributed by atoms with Gasteiger partial charge in [0.1, 0.15) is 0 Å². The van der Waals surface area contributed by atoms with Crippen LogP contribution < -0.4 is 10.6 Å². The molecule has 11 heteroatoms. The number of alkyl halides is 3. The number of aromatic nitrogens is 5. The van der Waals surface area contributed by atoms with Gasteiger partial charge in [-0.3, -0.25) is 9.88 Å². The molecule has 42 heavy (non-hydrogen) atoms. The summed E-state index contributed by atoms with van der Waals surface area (Å²) in [6.45, 7) is 3.68. The summed E-state index contributed by atoms with van der Waals surface area (Å²) in [6, 6.07) is 19.7. The second kappa shape index (κ2) is 12.2. The van der Waals surface area contributed by atoms with E-state index in [0.29, 0.717) is 41.6 Å². The number of imidazole rings is 1. The minimum absolute atomic E-state index is 0.223. The first-order valence-electron chi connectivity index (χ1n) is 14.0. The summed E-state index contributed by atoms with van der Waals surface area (Å²) in [5.41, 5.74) is 3.56. The van der Waals surface area contributed by atoms with Gasteiger partial charge in [0.15, 0.2) is 17.0 Å². The molecule has 2 aromatic carbocycles. The van der Waals surface area contributed by atoms with E-state index in [1.165, 1.54) is 17.7 Å². The largest absolute Gasteiger partial charge is 0.416 e. The maximum atomic E-state index is 13.0. The van der Waals surface area contributed by atoms with Crippen molar-refractivity contribution in [3.8, 4) is 0 Å². The van der Waals surface area contributed by atoms with Crippen molar-refractivity contribution in [2.45, 2.75) is 44.7 Å². The van der Waals surface area contributed by atoms with Gasteiger partial charge in [-0.25, -0.2) is 4.98 Å². The monoisotopic (exact) mass is 572 g/mol. The second-order valence-electron chi connectivity index (χ2n) is 10.5. The van der Waals surface area contributed by atoms with Gasteiger partial charge in [0.05, 0.1) is 18.4 Å². The number of halogens is 3. The molecular formula is C31H31F3N8. The van der Waals surface area contributed by atoms with Crippen molar-refractivity contribution in [2.24, 2.45) is 0 Å². The van der Waals surface area contributed by atoms with Gasteiger partial charge < -0.3 is 15.2 Å². The smallest absolute Gasteiger partial charge is 0.365 e. The summed E-state index contributed by atoms with van der Waals surface area (Å²) in [4.78, 5) is 20.8. The molecule has 0 unspecified atom stereocenters. The summed E-state index contributed by atoms with van der Waals surface area (Å²) in [7, 11) is 0. The van der Waals surface area contributed by atoms with E-state index < -0.39 is 11.7 Å². The van der Waals surface area contributed by atoms with E-state index in [0.717, 1.165) is 50.2 Å². The van der Waals surface area contributed by atoms with E-state index in [9.17, 15) is 13.2 Å². The lowest BCUT2D eigenvalue weighted by Crippen LogP contribution is -2.38. The highest BCUT2D eigenvalue weighted by atomic mass is 19.4. The van der Waals surface area contributed by atoms with E-state index in [1.54, 1.807) is 18.7 Å². The molecule has 5 aromatic rings. The first-order chi connectivity index (χ1) is 20.4. The number of fused-ring (bicyclic) bond motifs is 1. The van der Waals surface area contributed by atoms with Gasteiger partial charge in [-0.15, -0.1) is 0 Å². The van der Waals surface area contributed by atoms with Crippen molar-refractivity contribution in [3.63, 3.8) is 0 Å². The molecule has 0 amide bonds. The molecule has 0 bridgehead atoms. The number of hydrogen-bond acceptors (Lipinski definition) is 7. The third-order valence-corrected chi connectivity index (χ3v) is 7.45. The fourth-order valence-electron chi connectivity index (χ4n) is 5.19. The lowest BCUT2D eigenvalue weighted by Gasteiger charge is -2.32. The van der Waals surface area contributed by atoms with Gasteiger partial charge in [-0.2, -0.15) is 23.1 Å². The maximum absolute atomic E-state index is 13.0. The molecule has 1 saturated heterocycles. The van der Waals surface area contributed by atoms with E-state index in [-0.39, 0.29) is 6.04 Å². The molecule has 0 saturated carbocycles. The Morgan fingerprint density at radius 1 is 0.833 bits per heavy atom. The predicted octanol–water partition coefficient (Wildman–Crippen LogP) is 5.98. The highest BCUT2D eigenvalue weighted by molar-refractivity contribution is 5.84. The van der Waals surface area contributed by atoms with Crippen molar-refractivity contribution in [2.75, 3.05) is 23.7 Å². The fourth-order valence-corrected chi connectivity index (χ4v) is 5.19. The molecule has 1 aliphatic heterocycles. The van der Waals surface area contributed by atoms with Gasteiger partial charge in [0, 0.05) is 44.6 Å². The van der Waals surface area contributed by atoms with Gasteiger partial charge in [-0.05, 0) is 47.7 Å². The number of anilines is 2. The van der Waals surface area contributed by atoms with Crippen LogP contribution in [0.3, 0.4) is 0 Å². The second-order valence-corrected chi connectivity index (χ2v) is 10.5. The Balaban J connectivity index is 1.21. The van der Waals surface area contributed by atoms with E-state index >= 15 is 0 Å². The average molecular weight is 573 g/mol. The molecule has 6 rings (SSSR count). The number of nitrogens with one attached hydrogen (secondary N) is 2. The Morgan fingerprint density at radius 2 is 1.57 bits per heavy atom. The standard InChI is InChI=1S/C31H31F3N8/c32-31(33,34)25-10-8-23(9-11-25)20-42-21-37-27-28(39-30(40-29(27)42)36-18-24-7-4-14-35-17-24)38-26-12-15-41(16-13-26)19-22-5-2-1-3-6-22/h1-11,14,17,21,26H,12-13,15-16,18-20H2,(H2,36,38,39,40). The molecule has 216 valence electrons. The topological polar surface area (TPSA) is 83.8 Å². The molecule has 0 aliphatic carbocycles. The van der Waals surface area contributed by atoms with E-state index in [4.69, 9.17) is 9.97 Å². The Hall–Kier alpha value is -4.51. The van der Waals surface area contributed by atoms with E-state index in [1.807, 2.05) is 22.8 Å². The minimum atomic E-state index is -4.37. The first-order valence-corrected chi connectivity index (χ1v) is 14.0. The zero-order valence-electron chi connectivity index (χ0n) is 22.9. The van der Waals surface area contributed by atoms with Crippen molar-refractivity contribution in [1.29, 1.82) is 0 Å². The number of pyridine rings is 1. The predicted molar refractivity (Wildman–Crippen MR) is 156 cm³/mol. The Kier molecular flexibility index (Phi) is 8.00. The Labute approximate surface area is 241 Å². The number of hydrogen-bond donors (Lipinski definition) is 2. The molecule has 1 fully saturated rings. The summed E-state index contributed by atoms with van der Waals surface area (Å²) < 4.78 is 41.0. The zero-order valence-corrected chi connectivity index (χ0v) is 22.9. The van der Waals surface area contributed by atoms with Crippen LogP contribution >= 0.6 is 0 Å². The van der Waals surface area contributed by atoms with Crippen LogP contribution in [0.15, 0.2) is 85.5 Å². The number of rotatable bonds is 9. The van der Waals surface area contributed by atoms with E-state index in [2.05, 4.69) is 49.8 Å². The fraction of sp³-hybridized carbons (Fsp3) is 0.290. The summed E-state index contributed by atoms with van der Waals surface area (Å²) in [6.07, 6.45) is 2.71. The maximum Gasteiger partial charge on any atom is 0.416 e. The number of likely N-dealkylation sites (tertiary alicyclic amines) is 1. The zero-order chi connectivity index (χ0) is 28.9. The van der Waals surface area contributed by atoms with Crippen molar-refractivity contribution in [3.05, 3.63) is 108 Å². The average Bonchev–Trinajstić information content (AvgIpc) is 3.40. The minimum Gasteiger partial charge on any atom is -0.365 e. The molecular weight excluding hydrogens is 541 g/mol. The summed E-state index contributed by atoms with van der Waals surface area (Å²) in [5.74, 6) is 1.07. The van der Waals surface area contributed by atoms with Crippen LogP contribution in [0.25, 0.3) is 11.2 Å². The lowest BCUT2D eigenvalue weighted by atomic mass is 10.0. The van der Waals surface area contributed by atoms with Gasteiger partial charge in [0.2, 0.25) is 5.95 Å². The van der Waals surface area contributed by atoms with Gasteiger partial charge in [-0.1, -0.05) is 48.5 Å². The third kappa shape index (κ3) is 6.68. The molecule has 0 atom stereocenters. The summed E-state index contributed by atoms with van der Waals surface area (Å²) >= 11 is 0. The highest BCUT2D eigenvalue weighted by Gasteiger charge is 2.30. The SMILES string of the molecule is FC(F)(F)c1ccc(Cn2cnc3c(NC4CCN(Cc5ccccc5)CC4)nc(NCc4cccnc4)nc32)cc1. The Morgan fingerprint density at radius 3 is 2.29 bits per heavy atom. The lowest BCUT2D eigenvalue weighted by molar-refractivity contribution is -0.137. The number of benzene rings is 2. The first kappa shape index (κ1) is 27.6. The molecule has 1 aliphatic rings. The van der Waals surface area contributed by atoms with Crippen molar-refractivity contribution >= 4 is 22.9 Å². The molecule has 8 nitrogen and oxygen atoms in total. The summed E-state index contributed by atoms with van der Waals surface area (Å²) in [5, 5.41) is 6.91. The van der Waals surface area contributed by atoms with Crippen molar-refractivity contribution in [1.82, 2.24) is 29.4 Å². The van der Waals surface area contributed by atoms with Crippen LogP contribution in [0.5, 0.6) is 0 Å². The number of nitrogens with zero attached hydrogens (tertiary/aromatic N) is 6. The van der Waals surface area contributed by atoms with Gasteiger partial charge >= 0.3 is 6.18 Å². The molecule has 3 aromatic heterocycles. The molecule has 2 N–H and O–H groups in total. The number of piperidine rings is 1. The third-order valence-electron chi connectivity index (χ3n) is 7.45.